The summed E-state index contributed by atoms with van der Waals surface area (Å²) < 4.78 is 0. The molecule has 1 unspecified atom stereocenters. The van der Waals surface area contributed by atoms with Gasteiger partial charge in [-0.1, -0.05) is 0 Å². The fourth-order valence-electron chi connectivity index (χ4n) is 1.40. The zero-order valence-electron chi connectivity index (χ0n) is 8.82. The van der Waals surface area contributed by atoms with Gasteiger partial charge in [-0.25, -0.2) is 0 Å². The van der Waals surface area contributed by atoms with E-state index in [9.17, 15) is 4.79 Å². The van der Waals surface area contributed by atoms with Crippen LogP contribution in [0.3, 0.4) is 0 Å². The molecule has 5 N–H and O–H groups in total. The number of nitrogen functional groups attached to an aromatic ring is 1. The number of H-pyrrole nitrogens is 2. The molecule has 6 nitrogen and oxygen atoms in total. The molecule has 2 rings (SSSR count). The summed E-state index contributed by atoms with van der Waals surface area (Å²) >= 11 is 0. The monoisotopic (exact) mass is 219 g/mol. The van der Waals surface area contributed by atoms with Crippen molar-refractivity contribution in [1.82, 2.24) is 20.5 Å². The second kappa shape index (κ2) is 4.09. The molecule has 84 valence electrons. The first-order valence-corrected chi connectivity index (χ1v) is 4.90. The van der Waals surface area contributed by atoms with E-state index in [1.807, 2.05) is 6.92 Å². The number of amides is 1. The minimum absolute atomic E-state index is 0.101. The highest BCUT2D eigenvalue weighted by atomic mass is 16.1. The highest BCUT2D eigenvalue weighted by molar-refractivity contribution is 5.93. The Hall–Kier alpha value is -2.24. The predicted octanol–water partition coefficient (Wildman–Crippen LogP) is 0.811. The highest BCUT2D eigenvalue weighted by Gasteiger charge is 2.13. The van der Waals surface area contributed by atoms with E-state index >= 15 is 0 Å². The van der Waals surface area contributed by atoms with Crippen LogP contribution in [0.2, 0.25) is 0 Å². The lowest BCUT2D eigenvalue weighted by Gasteiger charge is -2.10. The summed E-state index contributed by atoms with van der Waals surface area (Å²) in [5.41, 5.74) is 7.43. The van der Waals surface area contributed by atoms with Gasteiger partial charge in [-0.3, -0.25) is 9.89 Å². The first kappa shape index (κ1) is 10.3. The van der Waals surface area contributed by atoms with Gasteiger partial charge in [0, 0.05) is 23.6 Å². The molecule has 0 aliphatic rings. The Morgan fingerprint density at radius 1 is 1.56 bits per heavy atom. The van der Waals surface area contributed by atoms with E-state index in [0.29, 0.717) is 11.4 Å². The number of aromatic nitrogens is 3. The average Bonchev–Trinajstić information content (AvgIpc) is 2.87. The number of carbonyl (C=O) groups is 1. The van der Waals surface area contributed by atoms with Crippen molar-refractivity contribution in [1.29, 1.82) is 0 Å². The van der Waals surface area contributed by atoms with E-state index in [1.165, 1.54) is 0 Å². The molecule has 0 saturated heterocycles. The molecule has 0 spiro atoms. The quantitative estimate of drug-likeness (QED) is 0.614. The van der Waals surface area contributed by atoms with Crippen LogP contribution in [0.5, 0.6) is 0 Å². The first-order valence-electron chi connectivity index (χ1n) is 4.90. The molecule has 0 bridgehead atoms. The molecular weight excluding hydrogens is 206 g/mol. The second-order valence-electron chi connectivity index (χ2n) is 3.57. The minimum atomic E-state index is -0.189. The molecule has 0 fully saturated rings. The molecule has 6 heteroatoms. The number of aromatic amines is 2. The summed E-state index contributed by atoms with van der Waals surface area (Å²) in [4.78, 5) is 14.5. The second-order valence-corrected chi connectivity index (χ2v) is 3.57. The van der Waals surface area contributed by atoms with Gasteiger partial charge in [0.2, 0.25) is 0 Å². The van der Waals surface area contributed by atoms with Gasteiger partial charge in [-0.2, -0.15) is 5.10 Å². The third kappa shape index (κ3) is 2.05. The van der Waals surface area contributed by atoms with Crippen LogP contribution in [0.4, 0.5) is 5.69 Å². The Balaban J connectivity index is 2.03. The lowest BCUT2D eigenvalue weighted by atomic mass is 10.2. The zero-order valence-corrected chi connectivity index (χ0v) is 8.82. The molecule has 0 saturated carbocycles. The maximum Gasteiger partial charge on any atom is 0.268 e. The largest absolute Gasteiger partial charge is 0.397 e. The zero-order chi connectivity index (χ0) is 11.5. The molecule has 2 aromatic heterocycles. The van der Waals surface area contributed by atoms with Crippen LogP contribution in [0.15, 0.2) is 24.7 Å². The summed E-state index contributed by atoms with van der Waals surface area (Å²) in [7, 11) is 0. The molecule has 16 heavy (non-hydrogen) atoms. The lowest BCUT2D eigenvalue weighted by Crippen LogP contribution is -2.26. The molecular formula is C10H13N5O. The third-order valence-corrected chi connectivity index (χ3v) is 2.32. The van der Waals surface area contributed by atoms with E-state index in [0.717, 1.165) is 5.56 Å². The molecule has 1 amide bonds. The van der Waals surface area contributed by atoms with Crippen molar-refractivity contribution < 1.29 is 4.79 Å². The molecule has 0 aromatic carbocycles. The summed E-state index contributed by atoms with van der Waals surface area (Å²) in [6, 6.07) is 1.49. The fourth-order valence-corrected chi connectivity index (χ4v) is 1.40. The topological polar surface area (TPSA) is 99.6 Å². The van der Waals surface area contributed by atoms with Crippen molar-refractivity contribution in [3.8, 4) is 0 Å². The Labute approximate surface area is 92.2 Å². The van der Waals surface area contributed by atoms with Crippen molar-refractivity contribution >= 4 is 11.6 Å². The number of nitrogens with one attached hydrogen (secondary N) is 3. The number of rotatable bonds is 3. The van der Waals surface area contributed by atoms with E-state index < -0.39 is 0 Å². The Bertz CT molecular complexity index is 473. The minimum Gasteiger partial charge on any atom is -0.397 e. The van der Waals surface area contributed by atoms with Gasteiger partial charge < -0.3 is 16.0 Å². The Morgan fingerprint density at radius 2 is 2.38 bits per heavy atom. The molecule has 0 radical (unpaired) electrons. The first-order chi connectivity index (χ1) is 7.66. The number of hydrogen-bond donors (Lipinski definition) is 4. The molecule has 2 aromatic rings. The number of hydrogen-bond acceptors (Lipinski definition) is 3. The van der Waals surface area contributed by atoms with Crippen LogP contribution in [0.1, 0.15) is 29.0 Å². The van der Waals surface area contributed by atoms with Gasteiger partial charge in [0.25, 0.3) is 5.91 Å². The van der Waals surface area contributed by atoms with Gasteiger partial charge in [0.1, 0.15) is 5.69 Å². The van der Waals surface area contributed by atoms with Crippen molar-refractivity contribution in [2.45, 2.75) is 13.0 Å². The van der Waals surface area contributed by atoms with Crippen molar-refractivity contribution in [3.63, 3.8) is 0 Å². The number of nitrogens with zero attached hydrogens (tertiary/aromatic N) is 1. The fraction of sp³-hybridized carbons (Fsp3) is 0.200. The summed E-state index contributed by atoms with van der Waals surface area (Å²) in [5, 5.41) is 9.35. The van der Waals surface area contributed by atoms with Gasteiger partial charge in [-0.15, -0.1) is 0 Å². The maximum absolute atomic E-state index is 11.7. The smallest absolute Gasteiger partial charge is 0.268 e. The third-order valence-electron chi connectivity index (χ3n) is 2.32. The SMILES string of the molecule is CC(NC(=O)c1cc(N)c[nH]1)c1cn[nH]c1. The van der Waals surface area contributed by atoms with Crippen LogP contribution in [-0.2, 0) is 0 Å². The standard InChI is InChI=1S/C10H13N5O/c1-6(7-3-13-14-4-7)15-10(16)9-2-8(11)5-12-9/h2-6,12H,11H2,1H3,(H,13,14)(H,15,16). The number of carbonyl (C=O) groups excluding carboxylic acids is 1. The Kier molecular flexibility index (Phi) is 2.63. The van der Waals surface area contributed by atoms with E-state index in [1.54, 1.807) is 24.7 Å². The van der Waals surface area contributed by atoms with E-state index in [4.69, 9.17) is 5.73 Å². The van der Waals surface area contributed by atoms with E-state index in [2.05, 4.69) is 20.5 Å². The molecule has 0 aliphatic carbocycles. The van der Waals surface area contributed by atoms with Crippen molar-refractivity contribution in [2.24, 2.45) is 0 Å². The van der Waals surface area contributed by atoms with Gasteiger partial charge in [0.05, 0.1) is 12.2 Å². The maximum atomic E-state index is 11.7. The van der Waals surface area contributed by atoms with Crippen molar-refractivity contribution in [2.75, 3.05) is 5.73 Å². The number of nitrogens with two attached hydrogens (primary N) is 1. The normalized spacial score (nSPS) is 12.3. The average molecular weight is 219 g/mol. The summed E-state index contributed by atoms with van der Waals surface area (Å²) in [6.45, 7) is 1.88. The van der Waals surface area contributed by atoms with Crippen LogP contribution < -0.4 is 11.1 Å². The van der Waals surface area contributed by atoms with Crippen LogP contribution in [0.25, 0.3) is 0 Å². The van der Waals surface area contributed by atoms with Crippen molar-refractivity contribution in [3.05, 3.63) is 35.9 Å². The van der Waals surface area contributed by atoms with Gasteiger partial charge in [-0.05, 0) is 13.0 Å². The predicted molar refractivity (Wildman–Crippen MR) is 59.7 cm³/mol. The molecule has 2 heterocycles. The van der Waals surface area contributed by atoms with Gasteiger partial charge in [0.15, 0.2) is 0 Å². The van der Waals surface area contributed by atoms with Crippen LogP contribution in [-0.4, -0.2) is 21.1 Å². The van der Waals surface area contributed by atoms with E-state index in [-0.39, 0.29) is 11.9 Å². The van der Waals surface area contributed by atoms with Crippen LogP contribution >= 0.6 is 0 Å². The Morgan fingerprint density at radius 3 is 2.94 bits per heavy atom. The molecule has 0 aliphatic heterocycles. The highest BCUT2D eigenvalue weighted by Crippen LogP contribution is 2.11. The number of anilines is 1. The van der Waals surface area contributed by atoms with Gasteiger partial charge >= 0.3 is 0 Å². The summed E-state index contributed by atoms with van der Waals surface area (Å²) in [6.07, 6.45) is 5.00. The summed E-state index contributed by atoms with van der Waals surface area (Å²) in [5.74, 6) is -0.189. The lowest BCUT2D eigenvalue weighted by molar-refractivity contribution is 0.0935. The van der Waals surface area contributed by atoms with Crippen LogP contribution in [0, 0.1) is 0 Å². The molecule has 1 atom stereocenters.